The summed E-state index contributed by atoms with van der Waals surface area (Å²) in [6.07, 6.45) is 1.71. The number of halogens is 1. The molecule has 2 heterocycles. The Morgan fingerprint density at radius 1 is 1.00 bits per heavy atom. The van der Waals surface area contributed by atoms with Crippen LogP contribution in [-0.4, -0.2) is 15.0 Å². The van der Waals surface area contributed by atoms with Gasteiger partial charge in [0.1, 0.15) is 16.7 Å². The van der Waals surface area contributed by atoms with Crippen LogP contribution in [0.3, 0.4) is 0 Å². The molecule has 0 bridgehead atoms. The summed E-state index contributed by atoms with van der Waals surface area (Å²) in [5.74, 6) is 1.15. The van der Waals surface area contributed by atoms with E-state index in [1.54, 1.807) is 12.3 Å². The van der Waals surface area contributed by atoms with E-state index in [1.807, 2.05) is 24.3 Å². The summed E-state index contributed by atoms with van der Waals surface area (Å²) in [7, 11) is 0. The summed E-state index contributed by atoms with van der Waals surface area (Å²) in [4.78, 5) is 13.0. The molecule has 0 saturated carbocycles. The van der Waals surface area contributed by atoms with Crippen molar-refractivity contribution in [3.05, 3.63) is 64.9 Å². The molecule has 4 nitrogen and oxygen atoms in total. The Kier molecular flexibility index (Phi) is 4.02. The number of benzene rings is 1. The van der Waals surface area contributed by atoms with Crippen molar-refractivity contribution < 1.29 is 0 Å². The average Bonchev–Trinajstić information content (AvgIpc) is 2.50. The van der Waals surface area contributed by atoms with Gasteiger partial charge in [-0.2, -0.15) is 0 Å². The fourth-order valence-electron chi connectivity index (χ4n) is 2.18. The third-order valence-electron chi connectivity index (χ3n) is 3.23. The summed E-state index contributed by atoms with van der Waals surface area (Å²) in [5, 5.41) is 3.66. The first-order chi connectivity index (χ1) is 10.6. The molecule has 3 rings (SSSR count). The lowest BCUT2D eigenvalue weighted by Gasteiger charge is -2.10. The Morgan fingerprint density at radius 3 is 2.59 bits per heavy atom. The van der Waals surface area contributed by atoms with E-state index in [2.05, 4.69) is 46.2 Å². The molecule has 0 amide bonds. The third-order valence-corrected chi connectivity index (χ3v) is 3.43. The smallest absolute Gasteiger partial charge is 0.181 e. The van der Waals surface area contributed by atoms with Gasteiger partial charge in [-0.05, 0) is 37.6 Å². The van der Waals surface area contributed by atoms with E-state index >= 15 is 0 Å². The highest BCUT2D eigenvalue weighted by molar-refractivity contribution is 6.29. The van der Waals surface area contributed by atoms with Crippen LogP contribution in [-0.2, 0) is 0 Å². The van der Waals surface area contributed by atoms with Crippen molar-refractivity contribution in [1.29, 1.82) is 0 Å². The summed E-state index contributed by atoms with van der Waals surface area (Å²) in [6.45, 7) is 4.12. The first-order valence-electron chi connectivity index (χ1n) is 6.92. The standard InChI is InChI=1S/C17H15ClN4/c1-11-6-7-13(12(2)9-11)20-16-10-15(18)21-17(22-16)14-5-3-4-8-19-14/h3-10H,1-2H3,(H,20,21,22). The van der Waals surface area contributed by atoms with E-state index in [4.69, 9.17) is 11.6 Å². The molecule has 2 aromatic heterocycles. The third kappa shape index (κ3) is 3.23. The molecule has 0 aliphatic rings. The number of hydrogen-bond acceptors (Lipinski definition) is 4. The zero-order chi connectivity index (χ0) is 15.5. The van der Waals surface area contributed by atoms with Crippen LogP contribution in [0.25, 0.3) is 11.5 Å². The number of hydrogen-bond donors (Lipinski definition) is 1. The van der Waals surface area contributed by atoms with Gasteiger partial charge in [-0.3, -0.25) is 4.98 Å². The fourth-order valence-corrected chi connectivity index (χ4v) is 2.37. The van der Waals surface area contributed by atoms with E-state index < -0.39 is 0 Å². The lowest BCUT2D eigenvalue weighted by molar-refractivity contribution is 1.14. The highest BCUT2D eigenvalue weighted by atomic mass is 35.5. The maximum atomic E-state index is 6.11. The van der Waals surface area contributed by atoms with Gasteiger partial charge >= 0.3 is 0 Å². The number of nitrogens with one attached hydrogen (secondary N) is 1. The van der Waals surface area contributed by atoms with Crippen LogP contribution in [0.5, 0.6) is 0 Å². The van der Waals surface area contributed by atoms with Gasteiger partial charge in [0.15, 0.2) is 5.82 Å². The molecule has 22 heavy (non-hydrogen) atoms. The molecule has 3 aromatic rings. The fraction of sp³-hybridized carbons (Fsp3) is 0.118. The zero-order valence-electron chi connectivity index (χ0n) is 12.3. The number of pyridine rings is 1. The number of aryl methyl sites for hydroxylation is 2. The summed E-state index contributed by atoms with van der Waals surface area (Å²) >= 11 is 6.11. The minimum Gasteiger partial charge on any atom is -0.340 e. The number of anilines is 2. The van der Waals surface area contributed by atoms with Gasteiger partial charge in [0, 0.05) is 18.0 Å². The Labute approximate surface area is 134 Å². The van der Waals surface area contributed by atoms with Crippen molar-refractivity contribution in [2.75, 3.05) is 5.32 Å². The van der Waals surface area contributed by atoms with Crippen molar-refractivity contribution in [3.63, 3.8) is 0 Å². The molecule has 110 valence electrons. The van der Waals surface area contributed by atoms with E-state index in [-0.39, 0.29) is 0 Å². The number of aromatic nitrogens is 3. The quantitative estimate of drug-likeness (QED) is 0.721. The molecule has 0 atom stereocenters. The van der Waals surface area contributed by atoms with Gasteiger partial charge in [0.25, 0.3) is 0 Å². The second-order valence-electron chi connectivity index (χ2n) is 5.06. The second-order valence-corrected chi connectivity index (χ2v) is 5.45. The van der Waals surface area contributed by atoms with Crippen molar-refractivity contribution in [3.8, 4) is 11.5 Å². The molecule has 1 N–H and O–H groups in total. The highest BCUT2D eigenvalue weighted by Gasteiger charge is 2.08. The Bertz CT molecular complexity index is 803. The molecule has 0 radical (unpaired) electrons. The molecule has 0 saturated heterocycles. The SMILES string of the molecule is Cc1ccc(Nc2cc(Cl)nc(-c3ccccn3)n2)c(C)c1. The van der Waals surface area contributed by atoms with Crippen molar-refractivity contribution in [1.82, 2.24) is 15.0 Å². The first-order valence-corrected chi connectivity index (χ1v) is 7.30. The van der Waals surface area contributed by atoms with Gasteiger partial charge < -0.3 is 5.32 Å². The van der Waals surface area contributed by atoms with E-state index in [9.17, 15) is 0 Å². The van der Waals surface area contributed by atoms with Crippen LogP contribution in [0, 0.1) is 13.8 Å². The Balaban J connectivity index is 1.96. The van der Waals surface area contributed by atoms with Crippen LogP contribution < -0.4 is 5.32 Å². The molecule has 0 spiro atoms. The van der Waals surface area contributed by atoms with Crippen LogP contribution in [0.2, 0.25) is 5.15 Å². The Morgan fingerprint density at radius 2 is 1.86 bits per heavy atom. The zero-order valence-corrected chi connectivity index (χ0v) is 13.1. The topological polar surface area (TPSA) is 50.7 Å². The monoisotopic (exact) mass is 310 g/mol. The molecule has 0 aliphatic heterocycles. The minimum atomic E-state index is 0.378. The molecule has 0 aliphatic carbocycles. The molecular formula is C17H15ClN4. The minimum absolute atomic E-state index is 0.378. The number of rotatable bonds is 3. The highest BCUT2D eigenvalue weighted by Crippen LogP contribution is 2.24. The van der Waals surface area contributed by atoms with Gasteiger partial charge in [-0.1, -0.05) is 35.4 Å². The van der Waals surface area contributed by atoms with Crippen LogP contribution in [0.15, 0.2) is 48.7 Å². The predicted octanol–water partition coefficient (Wildman–Crippen LogP) is 4.55. The lowest BCUT2D eigenvalue weighted by atomic mass is 10.1. The second kappa shape index (κ2) is 6.12. The average molecular weight is 311 g/mol. The molecular weight excluding hydrogens is 296 g/mol. The molecule has 0 unspecified atom stereocenters. The van der Waals surface area contributed by atoms with Gasteiger partial charge in [0.2, 0.25) is 0 Å². The molecule has 5 heteroatoms. The van der Waals surface area contributed by atoms with Crippen molar-refractivity contribution in [2.24, 2.45) is 0 Å². The number of nitrogens with zero attached hydrogens (tertiary/aromatic N) is 3. The molecule has 0 fully saturated rings. The van der Waals surface area contributed by atoms with E-state index in [0.717, 1.165) is 11.3 Å². The Hall–Kier alpha value is -2.46. The van der Waals surface area contributed by atoms with E-state index in [0.29, 0.717) is 22.5 Å². The van der Waals surface area contributed by atoms with Crippen molar-refractivity contribution >= 4 is 23.1 Å². The van der Waals surface area contributed by atoms with Crippen LogP contribution in [0.1, 0.15) is 11.1 Å². The normalized spacial score (nSPS) is 10.5. The summed E-state index contributed by atoms with van der Waals surface area (Å²) < 4.78 is 0. The maximum Gasteiger partial charge on any atom is 0.181 e. The van der Waals surface area contributed by atoms with E-state index in [1.165, 1.54) is 5.56 Å². The van der Waals surface area contributed by atoms with Gasteiger partial charge in [-0.25, -0.2) is 9.97 Å². The van der Waals surface area contributed by atoms with Crippen LogP contribution in [0.4, 0.5) is 11.5 Å². The first kappa shape index (κ1) is 14.5. The lowest BCUT2D eigenvalue weighted by Crippen LogP contribution is -2.00. The van der Waals surface area contributed by atoms with Crippen molar-refractivity contribution in [2.45, 2.75) is 13.8 Å². The summed E-state index contributed by atoms with van der Waals surface area (Å²) in [5.41, 5.74) is 4.05. The maximum absolute atomic E-state index is 6.11. The van der Waals surface area contributed by atoms with Gasteiger partial charge in [0.05, 0.1) is 0 Å². The largest absolute Gasteiger partial charge is 0.340 e. The van der Waals surface area contributed by atoms with Crippen LogP contribution >= 0.6 is 11.6 Å². The molecule has 1 aromatic carbocycles. The van der Waals surface area contributed by atoms with Gasteiger partial charge in [-0.15, -0.1) is 0 Å². The summed E-state index contributed by atoms with van der Waals surface area (Å²) in [6, 6.07) is 13.5. The predicted molar refractivity (Wildman–Crippen MR) is 89.5 cm³/mol.